The number of hydrogen-bond donors (Lipinski definition) is 2. The Morgan fingerprint density at radius 3 is 1.88 bits per heavy atom. The lowest BCUT2D eigenvalue weighted by atomic mass is 9.79. The molecule has 26 heavy (non-hydrogen) atoms. The summed E-state index contributed by atoms with van der Waals surface area (Å²) in [5, 5.41) is 14.1. The molecular formula is C20H29N3O3. The predicted molar refractivity (Wildman–Crippen MR) is 104 cm³/mol. The summed E-state index contributed by atoms with van der Waals surface area (Å²) in [7, 11) is 3.06. The first-order chi connectivity index (χ1) is 12.0. The fraction of sp³-hybridized carbons (Fsp3) is 0.500. The third-order valence-corrected chi connectivity index (χ3v) is 4.11. The number of nitrogens with one attached hydrogen (secondary N) is 1. The van der Waals surface area contributed by atoms with E-state index in [4.69, 9.17) is 9.47 Å². The Labute approximate surface area is 155 Å². The Bertz CT molecular complexity index is 755. The highest BCUT2D eigenvalue weighted by Gasteiger charge is 2.27. The molecule has 2 aromatic rings. The third-order valence-electron chi connectivity index (χ3n) is 4.11. The van der Waals surface area contributed by atoms with Gasteiger partial charge in [0.1, 0.15) is 5.75 Å². The van der Waals surface area contributed by atoms with Crippen LogP contribution in [0.4, 0.5) is 11.5 Å². The Balaban J connectivity index is 2.57. The van der Waals surface area contributed by atoms with E-state index in [2.05, 4.69) is 56.8 Å². The molecule has 0 radical (unpaired) electrons. The van der Waals surface area contributed by atoms with Crippen LogP contribution in [0.3, 0.4) is 0 Å². The van der Waals surface area contributed by atoms with E-state index < -0.39 is 0 Å². The van der Waals surface area contributed by atoms with E-state index >= 15 is 0 Å². The molecule has 142 valence electrons. The molecule has 0 atom stereocenters. The number of nitrogens with zero attached hydrogens (tertiary/aromatic N) is 2. The first-order valence-corrected chi connectivity index (χ1v) is 8.57. The summed E-state index contributed by atoms with van der Waals surface area (Å²) < 4.78 is 10.4. The highest BCUT2D eigenvalue weighted by atomic mass is 16.5. The maximum Gasteiger partial charge on any atom is 0.260 e. The van der Waals surface area contributed by atoms with E-state index in [0.29, 0.717) is 23.3 Å². The van der Waals surface area contributed by atoms with Crippen LogP contribution in [-0.2, 0) is 10.8 Å². The van der Waals surface area contributed by atoms with Gasteiger partial charge in [-0.3, -0.25) is 0 Å². The minimum atomic E-state index is -0.211. The fourth-order valence-electron chi connectivity index (χ4n) is 2.67. The molecule has 0 fully saturated rings. The Morgan fingerprint density at radius 1 is 0.923 bits per heavy atom. The quantitative estimate of drug-likeness (QED) is 0.781. The summed E-state index contributed by atoms with van der Waals surface area (Å²) in [5.41, 5.74) is 2.13. The number of aromatic hydroxyl groups is 1. The lowest BCUT2D eigenvalue weighted by Gasteiger charge is -2.28. The number of aromatic nitrogens is 2. The number of phenols is 1. The summed E-state index contributed by atoms with van der Waals surface area (Å²) >= 11 is 0. The van der Waals surface area contributed by atoms with E-state index in [1.807, 2.05) is 12.1 Å². The van der Waals surface area contributed by atoms with E-state index in [1.165, 1.54) is 20.4 Å². The van der Waals surface area contributed by atoms with E-state index in [-0.39, 0.29) is 10.8 Å². The van der Waals surface area contributed by atoms with Crippen LogP contribution in [0.15, 0.2) is 18.3 Å². The molecule has 1 heterocycles. The van der Waals surface area contributed by atoms with Crippen molar-refractivity contribution in [3.8, 4) is 17.5 Å². The standard InChI is InChI=1S/C20H29N3O3/c1-19(2,3)13-9-12(10-14(16(13)24)20(4,5)6)22-17-18(26-8)23-15(25-7)11-21-17/h9-11,24H,1-8H3,(H,21,22). The summed E-state index contributed by atoms with van der Waals surface area (Å²) in [6.45, 7) is 12.5. The zero-order valence-electron chi connectivity index (χ0n) is 16.9. The largest absolute Gasteiger partial charge is 0.507 e. The van der Waals surface area contributed by atoms with Gasteiger partial charge in [0, 0.05) is 16.8 Å². The number of methoxy groups -OCH3 is 2. The zero-order chi connectivity index (χ0) is 19.7. The van der Waals surface area contributed by atoms with Crippen molar-refractivity contribution in [2.24, 2.45) is 0 Å². The minimum Gasteiger partial charge on any atom is -0.507 e. The molecule has 1 aromatic carbocycles. The molecule has 0 aliphatic rings. The third kappa shape index (κ3) is 4.18. The molecule has 0 unspecified atom stereocenters. The highest BCUT2D eigenvalue weighted by molar-refractivity contribution is 5.66. The molecule has 2 N–H and O–H groups in total. The zero-order valence-corrected chi connectivity index (χ0v) is 16.9. The minimum absolute atomic E-state index is 0.211. The van der Waals surface area contributed by atoms with Crippen molar-refractivity contribution >= 4 is 11.5 Å². The summed E-state index contributed by atoms with van der Waals surface area (Å²) in [5.74, 6) is 1.54. The smallest absolute Gasteiger partial charge is 0.260 e. The van der Waals surface area contributed by atoms with Gasteiger partial charge >= 0.3 is 0 Å². The molecule has 1 aromatic heterocycles. The van der Waals surface area contributed by atoms with Crippen LogP contribution in [0.5, 0.6) is 17.5 Å². The monoisotopic (exact) mass is 359 g/mol. The molecule has 2 rings (SSSR count). The summed E-state index contributed by atoms with van der Waals surface area (Å²) in [6.07, 6.45) is 1.53. The van der Waals surface area contributed by atoms with Crippen LogP contribution < -0.4 is 14.8 Å². The second-order valence-electron chi connectivity index (χ2n) is 8.32. The van der Waals surface area contributed by atoms with Crippen molar-refractivity contribution < 1.29 is 14.6 Å². The van der Waals surface area contributed by atoms with Crippen molar-refractivity contribution in [3.05, 3.63) is 29.5 Å². The molecular weight excluding hydrogens is 330 g/mol. The first kappa shape index (κ1) is 19.8. The molecule has 0 aliphatic heterocycles. The number of benzene rings is 1. The van der Waals surface area contributed by atoms with Gasteiger partial charge in [-0.05, 0) is 23.0 Å². The predicted octanol–water partition coefficient (Wildman–Crippen LogP) is 4.54. The number of phenolic OH excluding ortho intramolecular Hbond substituents is 1. The van der Waals surface area contributed by atoms with Crippen LogP contribution in [0.25, 0.3) is 0 Å². The van der Waals surface area contributed by atoms with Gasteiger partial charge in [-0.15, -0.1) is 0 Å². The van der Waals surface area contributed by atoms with Crippen LogP contribution in [0.1, 0.15) is 52.7 Å². The highest BCUT2D eigenvalue weighted by Crippen LogP contribution is 2.41. The van der Waals surface area contributed by atoms with Crippen LogP contribution in [0.2, 0.25) is 0 Å². The number of ether oxygens (including phenoxy) is 2. The fourth-order valence-corrected chi connectivity index (χ4v) is 2.67. The van der Waals surface area contributed by atoms with Gasteiger partial charge in [-0.2, -0.15) is 4.98 Å². The van der Waals surface area contributed by atoms with Crippen molar-refractivity contribution in [2.75, 3.05) is 19.5 Å². The Morgan fingerprint density at radius 2 is 1.46 bits per heavy atom. The van der Waals surface area contributed by atoms with E-state index in [9.17, 15) is 5.11 Å². The Hall–Kier alpha value is -2.50. The number of rotatable bonds is 4. The molecule has 0 spiro atoms. The van der Waals surface area contributed by atoms with Gasteiger partial charge in [0.2, 0.25) is 5.88 Å². The molecule has 0 saturated carbocycles. The van der Waals surface area contributed by atoms with Crippen molar-refractivity contribution in [3.63, 3.8) is 0 Å². The van der Waals surface area contributed by atoms with Gasteiger partial charge in [0.05, 0.1) is 20.4 Å². The maximum atomic E-state index is 10.8. The lowest BCUT2D eigenvalue weighted by Crippen LogP contribution is -2.17. The molecule has 6 heteroatoms. The van der Waals surface area contributed by atoms with Crippen molar-refractivity contribution in [1.29, 1.82) is 0 Å². The van der Waals surface area contributed by atoms with Gasteiger partial charge in [-0.1, -0.05) is 41.5 Å². The number of hydrogen-bond acceptors (Lipinski definition) is 6. The van der Waals surface area contributed by atoms with Crippen molar-refractivity contribution in [1.82, 2.24) is 9.97 Å². The lowest BCUT2D eigenvalue weighted by molar-refractivity contribution is 0.363. The molecule has 0 bridgehead atoms. The normalized spacial score (nSPS) is 12.0. The first-order valence-electron chi connectivity index (χ1n) is 8.57. The molecule has 0 amide bonds. The number of anilines is 2. The topological polar surface area (TPSA) is 76.5 Å². The van der Waals surface area contributed by atoms with Gasteiger partial charge in [0.15, 0.2) is 5.82 Å². The van der Waals surface area contributed by atoms with E-state index in [1.54, 1.807) is 0 Å². The Kier molecular flexibility index (Phi) is 5.35. The van der Waals surface area contributed by atoms with Crippen molar-refractivity contribution in [2.45, 2.75) is 52.4 Å². The maximum absolute atomic E-state index is 10.8. The van der Waals surface area contributed by atoms with Gasteiger partial charge in [-0.25, -0.2) is 4.98 Å². The molecule has 0 saturated heterocycles. The molecule has 6 nitrogen and oxygen atoms in total. The second kappa shape index (κ2) is 7.02. The van der Waals surface area contributed by atoms with Gasteiger partial charge in [0.25, 0.3) is 5.88 Å². The second-order valence-corrected chi connectivity index (χ2v) is 8.32. The SMILES string of the molecule is COc1cnc(Nc2cc(C(C)(C)C)c(O)c(C(C)(C)C)c2)c(OC)n1. The summed E-state index contributed by atoms with van der Waals surface area (Å²) in [4.78, 5) is 8.58. The average molecular weight is 359 g/mol. The summed E-state index contributed by atoms with van der Waals surface area (Å²) in [6, 6.07) is 3.88. The molecule has 0 aliphatic carbocycles. The van der Waals surface area contributed by atoms with Gasteiger partial charge < -0.3 is 19.9 Å². The van der Waals surface area contributed by atoms with Crippen LogP contribution in [0, 0.1) is 0 Å². The van der Waals surface area contributed by atoms with Crippen LogP contribution in [-0.4, -0.2) is 29.3 Å². The van der Waals surface area contributed by atoms with Crippen LogP contribution >= 0.6 is 0 Å². The van der Waals surface area contributed by atoms with E-state index in [0.717, 1.165) is 16.8 Å². The average Bonchev–Trinajstić information content (AvgIpc) is 2.54.